The fraction of sp³-hybridized carbons (Fsp3) is 0.688. The van der Waals surface area contributed by atoms with Gasteiger partial charge >= 0.3 is 29.6 Å². The van der Waals surface area contributed by atoms with E-state index in [9.17, 15) is 13.0 Å². The van der Waals surface area contributed by atoms with Gasteiger partial charge in [0, 0.05) is 0 Å². The van der Waals surface area contributed by atoms with Crippen molar-refractivity contribution < 1.29 is 42.5 Å². The molecule has 0 aliphatic carbocycles. The minimum atomic E-state index is -4.49. The van der Waals surface area contributed by atoms with E-state index in [-0.39, 0.29) is 34.5 Å². The number of hydrogen-bond acceptors (Lipinski definition) is 3. The average molecular weight is 539 g/mol. The summed E-state index contributed by atoms with van der Waals surface area (Å²) in [5, 5.41) is 1.55. The van der Waals surface area contributed by atoms with Gasteiger partial charge in [0.25, 0.3) is 0 Å². The summed E-state index contributed by atoms with van der Waals surface area (Å²) in [6.07, 6.45) is 25.4. The van der Waals surface area contributed by atoms with Gasteiger partial charge in [0.05, 0.1) is 4.90 Å². The van der Waals surface area contributed by atoms with Crippen LogP contribution in [0.5, 0.6) is 0 Å². The van der Waals surface area contributed by atoms with Gasteiger partial charge in [0.1, 0.15) is 10.1 Å². The normalized spacial score (nSPS) is 11.6. The summed E-state index contributed by atoms with van der Waals surface area (Å²) >= 11 is 0. The molecule has 2 rings (SSSR count). The Balaban J connectivity index is 0.00000684. The summed E-state index contributed by atoms with van der Waals surface area (Å²) in [6, 6.07) is 9.14. The molecule has 37 heavy (non-hydrogen) atoms. The molecule has 0 atom stereocenters. The van der Waals surface area contributed by atoms with Crippen molar-refractivity contribution in [3.05, 3.63) is 41.5 Å². The van der Waals surface area contributed by atoms with Gasteiger partial charge in [0.2, 0.25) is 0 Å². The Morgan fingerprint density at radius 2 is 1.03 bits per heavy atom. The van der Waals surface area contributed by atoms with Crippen LogP contribution >= 0.6 is 0 Å². The maximum absolute atomic E-state index is 11.9. The topological polar surface area (TPSA) is 57.2 Å². The molecule has 204 valence electrons. The van der Waals surface area contributed by atoms with Crippen molar-refractivity contribution in [2.45, 2.75) is 147 Å². The van der Waals surface area contributed by atoms with Crippen molar-refractivity contribution in [2.24, 2.45) is 0 Å². The van der Waals surface area contributed by atoms with Gasteiger partial charge in [-0.05, 0) is 53.6 Å². The van der Waals surface area contributed by atoms with Crippen molar-refractivity contribution in [1.82, 2.24) is 0 Å². The monoisotopic (exact) mass is 538 g/mol. The zero-order valence-corrected chi connectivity index (χ0v) is 27.0. The Labute approximate surface area is 250 Å². The smallest absolute Gasteiger partial charge is 0.744 e. The Morgan fingerprint density at radius 3 is 1.51 bits per heavy atom. The summed E-state index contributed by atoms with van der Waals surface area (Å²) in [5.74, 6) is 0. The largest absolute Gasteiger partial charge is 1.00 e. The number of rotatable bonds is 21. The van der Waals surface area contributed by atoms with E-state index in [4.69, 9.17) is 0 Å². The molecule has 0 aromatic heterocycles. The molecular formula is C32H51NaO3S. The first kappa shape index (κ1) is 34.6. The van der Waals surface area contributed by atoms with Crippen LogP contribution in [-0.4, -0.2) is 13.0 Å². The number of benzene rings is 2. The van der Waals surface area contributed by atoms with Crippen LogP contribution in [0.3, 0.4) is 0 Å². The van der Waals surface area contributed by atoms with Gasteiger partial charge in [-0.1, -0.05) is 141 Å². The maximum atomic E-state index is 11.9. The third kappa shape index (κ3) is 13.5. The summed E-state index contributed by atoms with van der Waals surface area (Å²) in [5.41, 5.74) is 2.60. The van der Waals surface area contributed by atoms with Crippen LogP contribution in [0, 0.1) is 0 Å². The number of aryl methyl sites for hydroxylation is 2. The van der Waals surface area contributed by atoms with Crippen molar-refractivity contribution in [3.63, 3.8) is 0 Å². The van der Waals surface area contributed by atoms with E-state index in [1.165, 1.54) is 126 Å². The third-order valence-electron chi connectivity index (χ3n) is 7.58. The first-order chi connectivity index (χ1) is 17.5. The van der Waals surface area contributed by atoms with E-state index < -0.39 is 10.1 Å². The molecule has 0 bridgehead atoms. The van der Waals surface area contributed by atoms with Crippen LogP contribution in [0.2, 0.25) is 0 Å². The van der Waals surface area contributed by atoms with Crippen LogP contribution in [0.4, 0.5) is 0 Å². The first-order valence-corrected chi connectivity index (χ1v) is 16.4. The van der Waals surface area contributed by atoms with E-state index in [2.05, 4.69) is 19.9 Å². The van der Waals surface area contributed by atoms with Gasteiger partial charge < -0.3 is 4.55 Å². The molecule has 0 spiro atoms. The minimum Gasteiger partial charge on any atom is -0.744 e. The van der Waals surface area contributed by atoms with Crippen molar-refractivity contribution in [2.75, 3.05) is 0 Å². The second kappa shape index (κ2) is 20.5. The quantitative estimate of drug-likeness (QED) is 0.0987. The molecule has 0 saturated heterocycles. The van der Waals surface area contributed by atoms with Gasteiger partial charge in [-0.15, -0.1) is 0 Å². The Kier molecular flexibility index (Phi) is 19.2. The van der Waals surface area contributed by atoms with Gasteiger partial charge in [0.15, 0.2) is 0 Å². The predicted octanol–water partition coefficient (Wildman–Crippen LogP) is 6.89. The zero-order chi connectivity index (χ0) is 26.1. The van der Waals surface area contributed by atoms with E-state index >= 15 is 0 Å². The molecule has 5 heteroatoms. The van der Waals surface area contributed by atoms with Crippen LogP contribution in [-0.2, 0) is 23.0 Å². The molecule has 2 aromatic rings. The van der Waals surface area contributed by atoms with Gasteiger partial charge in [-0.2, -0.15) is 0 Å². The van der Waals surface area contributed by atoms with Crippen LogP contribution in [0.15, 0.2) is 35.2 Å². The Hall–Kier alpha value is -0.390. The minimum absolute atomic E-state index is 0. The fourth-order valence-electron chi connectivity index (χ4n) is 5.42. The molecule has 0 amide bonds. The molecule has 3 nitrogen and oxygen atoms in total. The standard InChI is InChI=1S/C32H52O3S.Na/c1-3-5-7-9-11-13-15-17-19-22-28-26-27-31-30(24-21-25-32(31)36(33,34)35)29(28)23-20-18-16-14-12-10-8-6-4-2;/h21,24-27H,3-20,22-23H2,1-2H3,(H,33,34,35);/q;+1/p-1. The molecule has 0 aliphatic rings. The maximum Gasteiger partial charge on any atom is 1.00 e. The number of fused-ring (bicyclic) bond motifs is 1. The van der Waals surface area contributed by atoms with E-state index in [1.54, 1.807) is 6.07 Å². The molecule has 0 saturated carbocycles. The summed E-state index contributed by atoms with van der Waals surface area (Å²) in [6.45, 7) is 4.52. The predicted molar refractivity (Wildman–Crippen MR) is 154 cm³/mol. The summed E-state index contributed by atoms with van der Waals surface area (Å²) in [7, 11) is -4.49. The first-order valence-electron chi connectivity index (χ1n) is 15.0. The molecule has 0 N–H and O–H groups in total. The fourth-order valence-corrected chi connectivity index (χ4v) is 6.12. The van der Waals surface area contributed by atoms with Crippen molar-refractivity contribution >= 4 is 20.9 Å². The summed E-state index contributed by atoms with van der Waals surface area (Å²) < 4.78 is 35.6. The summed E-state index contributed by atoms with van der Waals surface area (Å²) in [4.78, 5) is -0.0806. The van der Waals surface area contributed by atoms with Crippen LogP contribution in [0.25, 0.3) is 10.8 Å². The molecule has 0 heterocycles. The second-order valence-electron chi connectivity index (χ2n) is 10.7. The van der Waals surface area contributed by atoms with Crippen LogP contribution < -0.4 is 29.6 Å². The molecule has 0 radical (unpaired) electrons. The second-order valence-corrected chi connectivity index (χ2v) is 12.0. The molecule has 0 unspecified atom stereocenters. The van der Waals surface area contributed by atoms with E-state index in [1.807, 2.05) is 12.1 Å². The Morgan fingerprint density at radius 1 is 0.568 bits per heavy atom. The molecule has 0 aliphatic heterocycles. The van der Waals surface area contributed by atoms with E-state index in [0.29, 0.717) is 5.39 Å². The number of hydrogen-bond donors (Lipinski definition) is 0. The third-order valence-corrected chi connectivity index (χ3v) is 8.47. The van der Waals surface area contributed by atoms with Gasteiger partial charge in [-0.3, -0.25) is 0 Å². The number of unbranched alkanes of at least 4 members (excludes halogenated alkanes) is 16. The van der Waals surface area contributed by atoms with Gasteiger partial charge in [-0.25, -0.2) is 8.42 Å². The zero-order valence-electron chi connectivity index (χ0n) is 24.2. The molecule has 0 fully saturated rings. The van der Waals surface area contributed by atoms with Crippen LogP contribution in [0.1, 0.15) is 141 Å². The average Bonchev–Trinajstić information content (AvgIpc) is 2.86. The molecular weight excluding hydrogens is 487 g/mol. The SMILES string of the molecule is CCCCCCCCCCCc1ccc2c(S(=O)(=O)[O-])cccc2c1CCCCCCCCCCC.[Na+]. The van der Waals surface area contributed by atoms with Crippen molar-refractivity contribution in [1.29, 1.82) is 0 Å². The Bertz CT molecular complexity index is 971. The van der Waals surface area contributed by atoms with E-state index in [0.717, 1.165) is 24.6 Å². The van der Waals surface area contributed by atoms with Crippen molar-refractivity contribution in [3.8, 4) is 0 Å². The molecule has 2 aromatic carbocycles.